The second kappa shape index (κ2) is 4.04. The molecule has 5 nitrogen and oxygen atoms in total. The Bertz CT molecular complexity index is 306. The molecule has 0 aliphatic heterocycles. The number of hydrogen-bond acceptors (Lipinski definition) is 3. The van der Waals surface area contributed by atoms with Gasteiger partial charge >= 0.3 is 0 Å². The molecule has 0 aliphatic rings. The van der Waals surface area contributed by atoms with E-state index in [4.69, 9.17) is 0 Å². The van der Waals surface area contributed by atoms with Crippen LogP contribution < -0.4 is 5.48 Å². The summed E-state index contributed by atoms with van der Waals surface area (Å²) >= 11 is 0. The molecule has 0 spiro atoms. The monoisotopic (exact) mass is 183 g/mol. The van der Waals surface area contributed by atoms with Gasteiger partial charge in [-0.15, -0.1) is 0 Å². The van der Waals surface area contributed by atoms with Crippen LogP contribution in [0.5, 0.6) is 0 Å². The van der Waals surface area contributed by atoms with Crippen LogP contribution in [0.15, 0.2) is 6.07 Å². The van der Waals surface area contributed by atoms with Crippen molar-refractivity contribution in [3.05, 3.63) is 17.5 Å². The quantitative estimate of drug-likeness (QED) is 0.694. The molecule has 1 rings (SSSR count). The molecule has 0 aliphatic carbocycles. The molecule has 72 valence electrons. The highest BCUT2D eigenvalue weighted by Crippen LogP contribution is 2.03. The highest BCUT2D eigenvalue weighted by Gasteiger charge is 2.11. The van der Waals surface area contributed by atoms with Gasteiger partial charge in [-0.3, -0.25) is 14.3 Å². The standard InChI is InChI=1S/C8H13N3O2/c1-4-11-7(5-6(2)9-11)8(12)10-13-3/h5H,4H2,1-3H3,(H,10,12). The molecule has 0 atom stereocenters. The Morgan fingerprint density at radius 1 is 1.77 bits per heavy atom. The van der Waals surface area contributed by atoms with E-state index in [0.29, 0.717) is 12.2 Å². The fourth-order valence-electron chi connectivity index (χ4n) is 1.11. The zero-order valence-corrected chi connectivity index (χ0v) is 8.00. The van der Waals surface area contributed by atoms with Crippen molar-refractivity contribution in [1.82, 2.24) is 15.3 Å². The van der Waals surface area contributed by atoms with Crippen LogP contribution in [-0.4, -0.2) is 22.8 Å². The zero-order valence-electron chi connectivity index (χ0n) is 8.00. The smallest absolute Gasteiger partial charge is 0.277 e. The molecular weight excluding hydrogens is 170 g/mol. The summed E-state index contributed by atoms with van der Waals surface area (Å²) in [6.45, 7) is 4.44. The second-order valence-corrected chi connectivity index (χ2v) is 2.62. The maximum atomic E-state index is 11.3. The number of carbonyl (C=O) groups is 1. The minimum absolute atomic E-state index is 0.273. The molecule has 0 aromatic carbocycles. The summed E-state index contributed by atoms with van der Waals surface area (Å²) in [5.41, 5.74) is 3.59. The molecule has 0 bridgehead atoms. The number of hydrogen-bond donors (Lipinski definition) is 1. The van der Waals surface area contributed by atoms with E-state index in [1.165, 1.54) is 7.11 Å². The molecule has 5 heteroatoms. The average molecular weight is 183 g/mol. The van der Waals surface area contributed by atoms with Crippen LogP contribution in [-0.2, 0) is 11.4 Å². The third kappa shape index (κ3) is 2.06. The fourth-order valence-corrected chi connectivity index (χ4v) is 1.11. The van der Waals surface area contributed by atoms with Crippen molar-refractivity contribution in [2.24, 2.45) is 0 Å². The van der Waals surface area contributed by atoms with E-state index in [9.17, 15) is 4.79 Å². The first-order valence-corrected chi connectivity index (χ1v) is 4.06. The van der Waals surface area contributed by atoms with E-state index in [1.807, 2.05) is 13.8 Å². The van der Waals surface area contributed by atoms with E-state index in [-0.39, 0.29) is 5.91 Å². The molecule has 0 saturated heterocycles. The van der Waals surface area contributed by atoms with Gasteiger partial charge in [0.1, 0.15) is 5.69 Å². The first-order chi connectivity index (χ1) is 6.19. The number of aryl methyl sites for hydroxylation is 2. The maximum Gasteiger partial charge on any atom is 0.293 e. The molecule has 1 amide bonds. The lowest BCUT2D eigenvalue weighted by atomic mass is 10.3. The van der Waals surface area contributed by atoms with E-state index >= 15 is 0 Å². The Morgan fingerprint density at radius 2 is 2.46 bits per heavy atom. The van der Waals surface area contributed by atoms with Crippen LogP contribution in [0, 0.1) is 6.92 Å². The average Bonchev–Trinajstić information content (AvgIpc) is 2.47. The highest BCUT2D eigenvalue weighted by molar-refractivity contribution is 5.91. The van der Waals surface area contributed by atoms with Crippen molar-refractivity contribution in [3.63, 3.8) is 0 Å². The van der Waals surface area contributed by atoms with Gasteiger partial charge in [-0.2, -0.15) is 5.10 Å². The first kappa shape index (κ1) is 9.73. The van der Waals surface area contributed by atoms with E-state index in [0.717, 1.165) is 5.69 Å². The largest absolute Gasteiger partial charge is 0.293 e. The van der Waals surface area contributed by atoms with Gasteiger partial charge < -0.3 is 0 Å². The summed E-state index contributed by atoms with van der Waals surface area (Å²) < 4.78 is 1.63. The summed E-state index contributed by atoms with van der Waals surface area (Å²) in [5, 5.41) is 4.13. The van der Waals surface area contributed by atoms with Crippen molar-refractivity contribution in [1.29, 1.82) is 0 Å². The zero-order chi connectivity index (χ0) is 9.84. The predicted molar refractivity (Wildman–Crippen MR) is 47.1 cm³/mol. The van der Waals surface area contributed by atoms with Crippen LogP contribution >= 0.6 is 0 Å². The highest BCUT2D eigenvalue weighted by atomic mass is 16.6. The van der Waals surface area contributed by atoms with Gasteiger partial charge in [0.2, 0.25) is 0 Å². The Labute approximate surface area is 76.6 Å². The maximum absolute atomic E-state index is 11.3. The Morgan fingerprint density at radius 3 is 3.00 bits per heavy atom. The minimum Gasteiger partial charge on any atom is -0.277 e. The lowest BCUT2D eigenvalue weighted by molar-refractivity contribution is 0.0526. The summed E-state index contributed by atoms with van der Waals surface area (Å²) in [6.07, 6.45) is 0. The van der Waals surface area contributed by atoms with Crippen LogP contribution in [0.4, 0.5) is 0 Å². The van der Waals surface area contributed by atoms with Crippen molar-refractivity contribution in [3.8, 4) is 0 Å². The van der Waals surface area contributed by atoms with Crippen molar-refractivity contribution >= 4 is 5.91 Å². The normalized spacial score (nSPS) is 10.1. The first-order valence-electron chi connectivity index (χ1n) is 4.06. The molecule has 0 fully saturated rings. The summed E-state index contributed by atoms with van der Waals surface area (Å²) in [7, 11) is 1.40. The third-order valence-electron chi connectivity index (χ3n) is 1.63. The topological polar surface area (TPSA) is 56.2 Å². The minimum atomic E-state index is -0.273. The predicted octanol–water partition coefficient (Wildman–Crippen LogP) is 0.503. The molecule has 0 radical (unpaired) electrons. The lowest BCUT2D eigenvalue weighted by Crippen LogP contribution is -2.24. The number of rotatable bonds is 3. The lowest BCUT2D eigenvalue weighted by Gasteiger charge is -2.03. The SMILES string of the molecule is CCn1nc(C)cc1C(=O)NOC. The van der Waals surface area contributed by atoms with Gasteiger partial charge in [0.05, 0.1) is 12.8 Å². The van der Waals surface area contributed by atoms with E-state index in [2.05, 4.69) is 15.4 Å². The van der Waals surface area contributed by atoms with Crippen LogP contribution in [0.25, 0.3) is 0 Å². The molecule has 0 saturated carbocycles. The molecule has 0 unspecified atom stereocenters. The Hall–Kier alpha value is -1.36. The van der Waals surface area contributed by atoms with E-state index in [1.54, 1.807) is 10.7 Å². The van der Waals surface area contributed by atoms with E-state index < -0.39 is 0 Å². The van der Waals surface area contributed by atoms with Crippen LogP contribution in [0.3, 0.4) is 0 Å². The molecule has 1 aromatic heterocycles. The van der Waals surface area contributed by atoms with Crippen molar-refractivity contribution < 1.29 is 9.63 Å². The van der Waals surface area contributed by atoms with Crippen LogP contribution in [0.2, 0.25) is 0 Å². The molecule has 1 heterocycles. The summed E-state index contributed by atoms with van der Waals surface area (Å²) in [4.78, 5) is 15.9. The number of nitrogens with one attached hydrogen (secondary N) is 1. The fraction of sp³-hybridized carbons (Fsp3) is 0.500. The van der Waals surface area contributed by atoms with Crippen LogP contribution in [0.1, 0.15) is 23.1 Å². The molecule has 1 N–H and O–H groups in total. The molecule has 1 aromatic rings. The number of hydroxylamine groups is 1. The van der Waals surface area contributed by atoms with Crippen molar-refractivity contribution in [2.45, 2.75) is 20.4 Å². The molecule has 13 heavy (non-hydrogen) atoms. The van der Waals surface area contributed by atoms with Gasteiger partial charge in [0.15, 0.2) is 0 Å². The second-order valence-electron chi connectivity index (χ2n) is 2.62. The number of carbonyl (C=O) groups excluding carboxylic acids is 1. The van der Waals surface area contributed by atoms with Gasteiger partial charge in [-0.05, 0) is 19.9 Å². The number of nitrogens with zero attached hydrogens (tertiary/aromatic N) is 2. The number of aromatic nitrogens is 2. The Kier molecular flexibility index (Phi) is 3.02. The Balaban J connectivity index is 2.91. The van der Waals surface area contributed by atoms with Gasteiger partial charge in [0.25, 0.3) is 5.91 Å². The third-order valence-corrected chi connectivity index (χ3v) is 1.63. The van der Waals surface area contributed by atoms with Crippen molar-refractivity contribution in [2.75, 3.05) is 7.11 Å². The van der Waals surface area contributed by atoms with Gasteiger partial charge in [-0.25, -0.2) is 5.48 Å². The van der Waals surface area contributed by atoms with Gasteiger partial charge in [0, 0.05) is 6.54 Å². The summed E-state index contributed by atoms with van der Waals surface area (Å²) in [5.74, 6) is -0.273. The summed E-state index contributed by atoms with van der Waals surface area (Å²) in [6, 6.07) is 1.72. The number of amides is 1. The van der Waals surface area contributed by atoms with Gasteiger partial charge in [-0.1, -0.05) is 0 Å². The molecular formula is C8H13N3O2.